The van der Waals surface area contributed by atoms with E-state index in [0.717, 1.165) is 25.2 Å². The Morgan fingerprint density at radius 2 is 2.29 bits per heavy atom. The molecule has 0 saturated carbocycles. The van der Waals surface area contributed by atoms with Gasteiger partial charge in [-0.05, 0) is 19.9 Å². The summed E-state index contributed by atoms with van der Waals surface area (Å²) in [7, 11) is 0. The molecule has 0 aromatic carbocycles. The van der Waals surface area contributed by atoms with Gasteiger partial charge in [0.1, 0.15) is 6.54 Å². The molecule has 0 bridgehead atoms. The minimum absolute atomic E-state index is 0.0340. The van der Waals surface area contributed by atoms with Crippen LogP contribution in [-0.2, 0) is 17.9 Å². The van der Waals surface area contributed by atoms with Gasteiger partial charge >= 0.3 is 0 Å². The number of amides is 1. The van der Waals surface area contributed by atoms with Crippen molar-refractivity contribution in [3.05, 3.63) is 18.2 Å². The second kappa shape index (κ2) is 7.06. The maximum absolute atomic E-state index is 11.6. The predicted molar refractivity (Wildman–Crippen MR) is 67.5 cm³/mol. The van der Waals surface area contributed by atoms with Crippen LogP contribution in [0.3, 0.4) is 0 Å². The van der Waals surface area contributed by atoms with Gasteiger partial charge in [-0.2, -0.15) is 0 Å². The van der Waals surface area contributed by atoms with Crippen LogP contribution < -0.4 is 10.6 Å². The zero-order valence-electron chi connectivity index (χ0n) is 10.9. The summed E-state index contributed by atoms with van der Waals surface area (Å²) in [6.07, 6.45) is 4.54. The Hall–Kier alpha value is -1.36. The first-order valence-electron chi connectivity index (χ1n) is 6.16. The van der Waals surface area contributed by atoms with Gasteiger partial charge in [0, 0.05) is 18.8 Å². The first kappa shape index (κ1) is 13.7. The molecule has 0 fully saturated rings. The normalized spacial score (nSPS) is 12.4. The molecule has 0 aliphatic heterocycles. The van der Waals surface area contributed by atoms with Crippen LogP contribution in [0.1, 0.15) is 32.9 Å². The van der Waals surface area contributed by atoms with Crippen LogP contribution in [0.2, 0.25) is 0 Å². The Morgan fingerprint density at radius 1 is 1.53 bits per heavy atom. The molecule has 5 heteroatoms. The van der Waals surface area contributed by atoms with Gasteiger partial charge in [0.05, 0.1) is 12.0 Å². The average molecular weight is 238 g/mol. The van der Waals surface area contributed by atoms with Gasteiger partial charge in [-0.25, -0.2) is 4.98 Å². The molecular formula is C12H22N4O. The van der Waals surface area contributed by atoms with E-state index in [4.69, 9.17) is 0 Å². The van der Waals surface area contributed by atoms with Gasteiger partial charge in [-0.3, -0.25) is 4.79 Å². The zero-order chi connectivity index (χ0) is 12.7. The lowest BCUT2D eigenvalue weighted by atomic mass is 10.2. The van der Waals surface area contributed by atoms with E-state index in [1.54, 1.807) is 6.33 Å². The number of nitrogens with one attached hydrogen (secondary N) is 2. The maximum atomic E-state index is 11.6. The fraction of sp³-hybridized carbons (Fsp3) is 0.667. The standard InChI is InChI=1S/C12H22N4O/c1-4-10(3)15-12(17)8-16-7-11(14-9-16)6-13-5-2/h7,9-10,13H,4-6,8H2,1-3H3,(H,15,17). The summed E-state index contributed by atoms with van der Waals surface area (Å²) in [6.45, 7) is 8.11. The lowest BCUT2D eigenvalue weighted by molar-refractivity contribution is -0.122. The summed E-state index contributed by atoms with van der Waals surface area (Å²) >= 11 is 0. The average Bonchev–Trinajstić information content (AvgIpc) is 2.73. The molecule has 1 rings (SSSR count). The Kier molecular flexibility index (Phi) is 5.69. The largest absolute Gasteiger partial charge is 0.352 e. The first-order valence-corrected chi connectivity index (χ1v) is 6.16. The highest BCUT2D eigenvalue weighted by Crippen LogP contribution is 1.96. The second-order valence-corrected chi connectivity index (χ2v) is 4.19. The molecule has 96 valence electrons. The third kappa shape index (κ3) is 4.99. The SMILES string of the molecule is CCNCc1cn(CC(=O)NC(C)CC)cn1. The summed E-state index contributed by atoms with van der Waals surface area (Å²) < 4.78 is 1.81. The molecule has 1 amide bonds. The molecule has 0 radical (unpaired) electrons. The number of imidazole rings is 1. The quantitative estimate of drug-likeness (QED) is 0.742. The van der Waals surface area contributed by atoms with Crippen molar-refractivity contribution >= 4 is 5.91 Å². The van der Waals surface area contributed by atoms with E-state index >= 15 is 0 Å². The maximum Gasteiger partial charge on any atom is 0.240 e. The molecule has 1 aromatic heterocycles. The van der Waals surface area contributed by atoms with Crippen LogP contribution in [0, 0.1) is 0 Å². The summed E-state index contributed by atoms with van der Waals surface area (Å²) in [5, 5.41) is 6.12. The van der Waals surface area contributed by atoms with Crippen molar-refractivity contribution in [3.8, 4) is 0 Å². The highest BCUT2D eigenvalue weighted by Gasteiger charge is 2.06. The number of hydrogen-bond donors (Lipinski definition) is 2. The molecule has 5 nitrogen and oxygen atoms in total. The molecule has 1 unspecified atom stereocenters. The van der Waals surface area contributed by atoms with Crippen molar-refractivity contribution in [2.45, 2.75) is 46.3 Å². The number of aromatic nitrogens is 2. The van der Waals surface area contributed by atoms with E-state index in [1.807, 2.05) is 17.7 Å². The van der Waals surface area contributed by atoms with Crippen LogP contribution in [0.5, 0.6) is 0 Å². The third-order valence-corrected chi connectivity index (χ3v) is 2.59. The van der Waals surface area contributed by atoms with Gasteiger partial charge < -0.3 is 15.2 Å². The number of carbonyl (C=O) groups is 1. The summed E-state index contributed by atoms with van der Waals surface area (Å²) in [5.41, 5.74) is 0.961. The fourth-order valence-electron chi connectivity index (χ4n) is 1.43. The molecule has 0 aliphatic carbocycles. The molecule has 1 atom stereocenters. The molecule has 0 spiro atoms. The second-order valence-electron chi connectivity index (χ2n) is 4.19. The fourth-order valence-corrected chi connectivity index (χ4v) is 1.43. The Morgan fingerprint density at radius 3 is 2.94 bits per heavy atom. The van der Waals surface area contributed by atoms with E-state index < -0.39 is 0 Å². The highest BCUT2D eigenvalue weighted by molar-refractivity contribution is 5.75. The lowest BCUT2D eigenvalue weighted by Gasteiger charge is -2.11. The van der Waals surface area contributed by atoms with Gasteiger partial charge in [-0.15, -0.1) is 0 Å². The number of nitrogens with zero attached hydrogens (tertiary/aromatic N) is 2. The van der Waals surface area contributed by atoms with Crippen LogP contribution in [0.4, 0.5) is 0 Å². The lowest BCUT2D eigenvalue weighted by Crippen LogP contribution is -2.34. The van der Waals surface area contributed by atoms with Crippen molar-refractivity contribution in [1.29, 1.82) is 0 Å². The summed E-state index contributed by atoms with van der Waals surface area (Å²) in [5.74, 6) is 0.0340. The minimum Gasteiger partial charge on any atom is -0.352 e. The van der Waals surface area contributed by atoms with Gasteiger partial charge in [0.2, 0.25) is 5.91 Å². The minimum atomic E-state index is 0.0340. The van der Waals surface area contributed by atoms with E-state index in [1.165, 1.54) is 0 Å². The monoisotopic (exact) mass is 238 g/mol. The van der Waals surface area contributed by atoms with Gasteiger partial charge in [0.25, 0.3) is 0 Å². The predicted octanol–water partition coefficient (Wildman–Crippen LogP) is 0.907. The molecule has 1 heterocycles. The molecule has 0 aliphatic rings. The highest BCUT2D eigenvalue weighted by atomic mass is 16.2. The molecule has 17 heavy (non-hydrogen) atoms. The number of hydrogen-bond acceptors (Lipinski definition) is 3. The zero-order valence-corrected chi connectivity index (χ0v) is 10.9. The van der Waals surface area contributed by atoms with Gasteiger partial charge in [-0.1, -0.05) is 13.8 Å². The van der Waals surface area contributed by atoms with E-state index in [2.05, 4.69) is 29.5 Å². The van der Waals surface area contributed by atoms with E-state index in [0.29, 0.717) is 6.54 Å². The smallest absolute Gasteiger partial charge is 0.240 e. The summed E-state index contributed by atoms with van der Waals surface area (Å²) in [4.78, 5) is 15.9. The third-order valence-electron chi connectivity index (χ3n) is 2.59. The molecule has 0 saturated heterocycles. The van der Waals surface area contributed by atoms with Crippen molar-refractivity contribution in [2.24, 2.45) is 0 Å². The summed E-state index contributed by atoms with van der Waals surface area (Å²) in [6, 6.07) is 0.229. The molecular weight excluding hydrogens is 216 g/mol. The molecule has 1 aromatic rings. The van der Waals surface area contributed by atoms with Crippen molar-refractivity contribution in [2.75, 3.05) is 6.54 Å². The number of rotatable bonds is 7. The van der Waals surface area contributed by atoms with Crippen LogP contribution in [0.25, 0.3) is 0 Å². The van der Waals surface area contributed by atoms with Crippen molar-refractivity contribution in [1.82, 2.24) is 20.2 Å². The van der Waals surface area contributed by atoms with Crippen molar-refractivity contribution in [3.63, 3.8) is 0 Å². The topological polar surface area (TPSA) is 59.0 Å². The molecule has 2 N–H and O–H groups in total. The first-order chi connectivity index (χ1) is 8.15. The van der Waals surface area contributed by atoms with Crippen LogP contribution in [-0.4, -0.2) is 28.0 Å². The van der Waals surface area contributed by atoms with Crippen molar-refractivity contribution < 1.29 is 4.79 Å². The van der Waals surface area contributed by atoms with Crippen LogP contribution in [0.15, 0.2) is 12.5 Å². The van der Waals surface area contributed by atoms with Crippen LogP contribution >= 0.6 is 0 Å². The Balaban J connectivity index is 2.40. The van der Waals surface area contributed by atoms with E-state index in [-0.39, 0.29) is 11.9 Å². The van der Waals surface area contributed by atoms with E-state index in [9.17, 15) is 4.79 Å². The Labute approximate surface area is 103 Å². The van der Waals surface area contributed by atoms with Gasteiger partial charge in [0.15, 0.2) is 0 Å². The number of carbonyl (C=O) groups excluding carboxylic acids is 1. The Bertz CT molecular complexity index is 348.